The van der Waals surface area contributed by atoms with Crippen LogP contribution in [0, 0.1) is 0 Å². The number of ether oxygens (including phenoxy) is 5. The highest BCUT2D eigenvalue weighted by molar-refractivity contribution is 7.99. The monoisotopic (exact) mass is 655 g/mol. The van der Waals surface area contributed by atoms with Gasteiger partial charge in [-0.05, 0) is 48.7 Å². The number of piperidine rings is 1. The normalized spacial score (nSPS) is 17.1. The Morgan fingerprint density at radius 3 is 2.32 bits per heavy atom. The van der Waals surface area contributed by atoms with Gasteiger partial charge >= 0.3 is 0 Å². The number of halogens is 2. The lowest BCUT2D eigenvalue weighted by atomic mass is 9.87. The number of nitrogens with zero attached hydrogens (tertiary/aromatic N) is 1. The predicted molar refractivity (Wildman–Crippen MR) is 180 cm³/mol. The molecule has 0 saturated carbocycles. The van der Waals surface area contributed by atoms with Crippen LogP contribution in [-0.2, 0) is 11.3 Å². The summed E-state index contributed by atoms with van der Waals surface area (Å²) in [6.45, 7) is 2.42. The van der Waals surface area contributed by atoms with Crippen LogP contribution >= 0.6 is 35.0 Å². The van der Waals surface area contributed by atoms with Gasteiger partial charge in [-0.1, -0.05) is 71.7 Å². The van der Waals surface area contributed by atoms with Crippen molar-refractivity contribution in [3.05, 3.63) is 90.0 Å². The molecule has 0 N–H and O–H groups in total. The molecule has 0 amide bonds. The van der Waals surface area contributed by atoms with Crippen LogP contribution in [0.4, 0.5) is 0 Å². The second kappa shape index (κ2) is 16.0. The summed E-state index contributed by atoms with van der Waals surface area (Å²) in [5.74, 6) is 4.48. The molecule has 0 radical (unpaired) electrons. The lowest BCUT2D eigenvalue weighted by Gasteiger charge is -2.39. The fourth-order valence-corrected chi connectivity index (χ4v) is 7.04. The molecule has 44 heavy (non-hydrogen) atoms. The molecule has 4 aromatic rings. The maximum absolute atomic E-state index is 6.65. The van der Waals surface area contributed by atoms with E-state index in [-0.39, 0.29) is 12.0 Å². The van der Waals surface area contributed by atoms with E-state index >= 15 is 0 Å². The number of para-hydroxylation sites is 1. The molecule has 2 unspecified atom stereocenters. The van der Waals surface area contributed by atoms with E-state index in [9.17, 15) is 0 Å². The topological polar surface area (TPSA) is 49.4 Å². The van der Waals surface area contributed by atoms with Gasteiger partial charge in [0.25, 0.3) is 0 Å². The van der Waals surface area contributed by atoms with Crippen molar-refractivity contribution in [1.29, 1.82) is 0 Å². The zero-order chi connectivity index (χ0) is 30.9. The Morgan fingerprint density at radius 2 is 1.59 bits per heavy atom. The maximum atomic E-state index is 6.65. The first-order valence-corrected chi connectivity index (χ1v) is 16.6. The molecule has 0 spiro atoms. The van der Waals surface area contributed by atoms with Crippen molar-refractivity contribution in [2.45, 2.75) is 41.3 Å². The van der Waals surface area contributed by atoms with E-state index < -0.39 is 4.96 Å². The van der Waals surface area contributed by atoms with Crippen LogP contribution in [0.5, 0.6) is 23.0 Å². The average Bonchev–Trinajstić information content (AvgIpc) is 3.07. The number of hydrogen-bond donors (Lipinski definition) is 0. The van der Waals surface area contributed by atoms with Crippen molar-refractivity contribution in [2.75, 3.05) is 46.8 Å². The van der Waals surface area contributed by atoms with Crippen LogP contribution < -0.4 is 18.9 Å². The summed E-state index contributed by atoms with van der Waals surface area (Å²) in [5, 5.41) is 1.99. The molecule has 1 aliphatic rings. The van der Waals surface area contributed by atoms with Gasteiger partial charge in [0, 0.05) is 46.0 Å². The Balaban J connectivity index is 1.23. The lowest BCUT2D eigenvalue weighted by Crippen LogP contribution is -2.45. The summed E-state index contributed by atoms with van der Waals surface area (Å²) in [6.07, 6.45) is 1.68. The van der Waals surface area contributed by atoms with Gasteiger partial charge < -0.3 is 23.7 Å². The number of thioether (sulfide) groups is 1. The Morgan fingerprint density at radius 1 is 0.864 bits per heavy atom. The third-order valence-electron chi connectivity index (χ3n) is 7.97. The molecule has 9 heteroatoms. The van der Waals surface area contributed by atoms with Crippen molar-refractivity contribution < 1.29 is 23.7 Å². The first-order chi connectivity index (χ1) is 21.5. The molecule has 1 saturated heterocycles. The number of fused-ring (bicyclic) bond motifs is 1. The van der Waals surface area contributed by atoms with Crippen LogP contribution in [0.25, 0.3) is 10.8 Å². The summed E-state index contributed by atoms with van der Waals surface area (Å²) in [6, 6.07) is 26.6. The van der Waals surface area contributed by atoms with E-state index in [1.165, 1.54) is 5.56 Å². The van der Waals surface area contributed by atoms with Crippen LogP contribution in [0.1, 0.15) is 29.9 Å². The van der Waals surface area contributed by atoms with Gasteiger partial charge in [-0.2, -0.15) is 0 Å². The average molecular weight is 657 g/mol. The number of benzene rings is 4. The van der Waals surface area contributed by atoms with Gasteiger partial charge in [-0.3, -0.25) is 4.90 Å². The van der Waals surface area contributed by atoms with E-state index in [2.05, 4.69) is 30.3 Å². The zero-order valence-electron chi connectivity index (χ0n) is 25.3. The minimum atomic E-state index is -0.589. The van der Waals surface area contributed by atoms with E-state index in [0.717, 1.165) is 69.4 Å². The molecule has 5 rings (SSSR count). The first kappa shape index (κ1) is 32.6. The van der Waals surface area contributed by atoms with Crippen molar-refractivity contribution in [2.24, 2.45) is 0 Å². The molecule has 0 bridgehead atoms. The van der Waals surface area contributed by atoms with Crippen molar-refractivity contribution >= 4 is 45.7 Å². The number of rotatable bonds is 14. The summed E-state index contributed by atoms with van der Waals surface area (Å²) in [7, 11) is 5.08. The highest BCUT2D eigenvalue weighted by Crippen LogP contribution is 2.39. The minimum Gasteiger partial charge on any atom is -0.496 e. The van der Waals surface area contributed by atoms with E-state index in [1.807, 2.05) is 53.4 Å². The number of hydrogen-bond acceptors (Lipinski definition) is 7. The Bertz CT molecular complexity index is 1500. The van der Waals surface area contributed by atoms with E-state index in [1.54, 1.807) is 33.1 Å². The van der Waals surface area contributed by atoms with Gasteiger partial charge in [0.05, 0.1) is 40.6 Å². The van der Waals surface area contributed by atoms with Crippen molar-refractivity contribution in [1.82, 2.24) is 4.90 Å². The SMILES string of the molecule is COc1ccccc1SCCCOc1ccc(C2CCN(C(Cl)Cl)CC2OCc2cc(OC)c3ccccc3c2OC)cc1. The zero-order valence-corrected chi connectivity index (χ0v) is 27.7. The Labute approximate surface area is 274 Å². The highest BCUT2D eigenvalue weighted by atomic mass is 35.5. The summed E-state index contributed by atoms with van der Waals surface area (Å²) >= 11 is 14.4. The molecular formula is C35H39Cl2NO5S. The Hall–Kier alpha value is -2.81. The van der Waals surface area contributed by atoms with Crippen molar-refractivity contribution in [3.63, 3.8) is 0 Å². The van der Waals surface area contributed by atoms with Gasteiger partial charge in [0.15, 0.2) is 4.96 Å². The number of likely N-dealkylation sites (tertiary alicyclic amines) is 1. The maximum Gasteiger partial charge on any atom is 0.160 e. The standard InChI is InChI=1S/C35H39Cl2NO5S/c1-39-30-11-6-7-12-33(30)44-20-8-19-42-26-15-13-24(14-16-26)27-17-18-38(35(36)37)22-32(27)43-23-25-21-31(40-2)28-9-4-5-10-29(28)34(25)41-3/h4-7,9-16,21,27,32,35H,8,17-20,22-23H2,1-3H3. The fraction of sp³-hybridized carbons (Fsp3) is 0.371. The summed E-state index contributed by atoms with van der Waals surface area (Å²) in [4.78, 5) is 2.60. The van der Waals surface area contributed by atoms with Crippen LogP contribution in [0.2, 0.25) is 0 Å². The molecule has 1 heterocycles. The summed E-state index contributed by atoms with van der Waals surface area (Å²) in [5.41, 5.74) is 2.14. The molecule has 4 aromatic carbocycles. The van der Waals surface area contributed by atoms with Crippen molar-refractivity contribution in [3.8, 4) is 23.0 Å². The highest BCUT2D eigenvalue weighted by Gasteiger charge is 2.33. The molecule has 0 aromatic heterocycles. The molecule has 234 valence electrons. The Kier molecular flexibility index (Phi) is 11.8. The smallest absolute Gasteiger partial charge is 0.160 e. The van der Waals surface area contributed by atoms with Gasteiger partial charge in [0.1, 0.15) is 23.0 Å². The first-order valence-electron chi connectivity index (χ1n) is 14.8. The quantitative estimate of drug-likeness (QED) is 0.0584. The van der Waals surface area contributed by atoms with Crippen LogP contribution in [0.3, 0.4) is 0 Å². The second-order valence-electron chi connectivity index (χ2n) is 10.6. The second-order valence-corrected chi connectivity index (χ2v) is 12.8. The molecular weight excluding hydrogens is 617 g/mol. The minimum absolute atomic E-state index is 0.121. The molecule has 6 nitrogen and oxygen atoms in total. The van der Waals surface area contributed by atoms with E-state index in [4.69, 9.17) is 46.9 Å². The summed E-state index contributed by atoms with van der Waals surface area (Å²) < 4.78 is 29.7. The van der Waals surface area contributed by atoms with E-state index in [0.29, 0.717) is 19.8 Å². The fourth-order valence-electron chi connectivity index (χ4n) is 5.73. The third-order valence-corrected chi connectivity index (χ3v) is 9.66. The van der Waals surface area contributed by atoms with Crippen LogP contribution in [-0.4, -0.2) is 62.7 Å². The molecule has 1 aliphatic heterocycles. The number of alkyl halides is 2. The predicted octanol–water partition coefficient (Wildman–Crippen LogP) is 8.56. The molecule has 0 aliphatic carbocycles. The van der Waals surface area contributed by atoms with Gasteiger partial charge in [-0.15, -0.1) is 11.8 Å². The lowest BCUT2D eigenvalue weighted by molar-refractivity contribution is -0.0231. The third kappa shape index (κ3) is 7.88. The van der Waals surface area contributed by atoms with Gasteiger partial charge in [-0.25, -0.2) is 0 Å². The molecule has 1 fully saturated rings. The number of methoxy groups -OCH3 is 3. The molecule has 2 atom stereocenters. The van der Waals surface area contributed by atoms with Gasteiger partial charge in [0.2, 0.25) is 0 Å². The van der Waals surface area contributed by atoms with Crippen LogP contribution in [0.15, 0.2) is 83.8 Å². The largest absolute Gasteiger partial charge is 0.496 e.